The van der Waals surface area contributed by atoms with Gasteiger partial charge >= 0.3 is 12.1 Å². The summed E-state index contributed by atoms with van der Waals surface area (Å²) in [6.45, 7) is 3.83. The Morgan fingerprint density at radius 1 is 1.03 bits per heavy atom. The monoisotopic (exact) mass is 464 g/mol. The number of amides is 2. The van der Waals surface area contributed by atoms with Crippen LogP contribution in [0.4, 0.5) is 4.79 Å². The summed E-state index contributed by atoms with van der Waals surface area (Å²) in [6, 6.07) is 15.2. The highest BCUT2D eigenvalue weighted by Gasteiger charge is 2.45. The smallest absolute Gasteiger partial charge is 0.408 e. The first-order valence-corrected chi connectivity index (χ1v) is 12.0. The third kappa shape index (κ3) is 4.52. The predicted octanol–water partition coefficient (Wildman–Crippen LogP) is 4.45. The fraction of sp³-hybridized carbons (Fsp3) is 0.444. The molecule has 7 heteroatoms. The molecule has 0 heterocycles. The van der Waals surface area contributed by atoms with E-state index in [1.807, 2.05) is 43.3 Å². The Balaban J connectivity index is 1.45. The molecule has 0 aliphatic heterocycles. The number of ether oxygens (including phenoxy) is 1. The van der Waals surface area contributed by atoms with Crippen molar-refractivity contribution >= 4 is 18.0 Å². The molecule has 0 bridgehead atoms. The minimum Gasteiger partial charge on any atom is -0.480 e. The Morgan fingerprint density at radius 2 is 1.59 bits per heavy atom. The van der Waals surface area contributed by atoms with Crippen molar-refractivity contribution in [2.24, 2.45) is 5.92 Å². The number of carboxylic acid groups (broad SMARTS) is 1. The van der Waals surface area contributed by atoms with E-state index in [1.165, 1.54) is 0 Å². The Hall–Kier alpha value is -3.35. The second-order valence-corrected chi connectivity index (χ2v) is 9.41. The van der Waals surface area contributed by atoms with Gasteiger partial charge in [-0.15, -0.1) is 0 Å². The van der Waals surface area contributed by atoms with Gasteiger partial charge in [-0.25, -0.2) is 9.59 Å². The van der Waals surface area contributed by atoms with Gasteiger partial charge in [-0.3, -0.25) is 4.79 Å². The van der Waals surface area contributed by atoms with Gasteiger partial charge in [0.15, 0.2) is 0 Å². The number of carbonyl (C=O) groups is 3. The van der Waals surface area contributed by atoms with Gasteiger partial charge < -0.3 is 20.5 Å². The van der Waals surface area contributed by atoms with E-state index in [0.717, 1.165) is 35.1 Å². The van der Waals surface area contributed by atoms with E-state index in [-0.39, 0.29) is 18.4 Å². The maximum absolute atomic E-state index is 13.2. The van der Waals surface area contributed by atoms with Crippen LogP contribution in [0.1, 0.15) is 63.0 Å². The lowest BCUT2D eigenvalue weighted by Gasteiger charge is -2.31. The lowest BCUT2D eigenvalue weighted by molar-refractivity contribution is -0.144. The predicted molar refractivity (Wildman–Crippen MR) is 128 cm³/mol. The molecule has 2 atom stereocenters. The van der Waals surface area contributed by atoms with E-state index < -0.39 is 29.6 Å². The van der Waals surface area contributed by atoms with E-state index in [9.17, 15) is 19.5 Å². The van der Waals surface area contributed by atoms with Crippen molar-refractivity contribution in [2.75, 3.05) is 6.61 Å². The summed E-state index contributed by atoms with van der Waals surface area (Å²) in [4.78, 5) is 37.8. The third-order valence-corrected chi connectivity index (χ3v) is 7.34. The summed E-state index contributed by atoms with van der Waals surface area (Å²) >= 11 is 0. The number of hydrogen-bond acceptors (Lipinski definition) is 4. The first-order valence-electron chi connectivity index (χ1n) is 12.0. The van der Waals surface area contributed by atoms with Crippen molar-refractivity contribution in [3.63, 3.8) is 0 Å². The lowest BCUT2D eigenvalue weighted by Crippen LogP contribution is -2.60. The topological polar surface area (TPSA) is 105 Å². The van der Waals surface area contributed by atoms with Crippen LogP contribution < -0.4 is 10.6 Å². The van der Waals surface area contributed by atoms with Crippen molar-refractivity contribution in [1.29, 1.82) is 0 Å². The Labute approximate surface area is 199 Å². The molecular formula is C27H32N2O5. The van der Waals surface area contributed by atoms with Crippen LogP contribution >= 0.6 is 0 Å². The number of aliphatic carboxylic acids is 1. The minimum absolute atomic E-state index is 0.0756. The molecule has 2 aliphatic carbocycles. The van der Waals surface area contributed by atoms with E-state index in [2.05, 4.69) is 22.8 Å². The second-order valence-electron chi connectivity index (χ2n) is 9.41. The zero-order valence-corrected chi connectivity index (χ0v) is 19.7. The summed E-state index contributed by atoms with van der Waals surface area (Å²) in [5.74, 6) is -1.83. The molecule has 2 aromatic carbocycles. The number of rotatable bonds is 8. The van der Waals surface area contributed by atoms with Gasteiger partial charge in [-0.05, 0) is 41.0 Å². The standard InChI is InChI=1S/C27H32N2O5/c1-3-17(2)23(24(30)31)28-25(32)27(14-8-9-15-27)29-26(33)34-16-22-20-12-6-4-10-18(20)19-11-5-7-13-21(19)22/h4-7,10-13,17,22-23H,3,8-9,14-16H2,1-2H3,(H,28,32)(H,29,33)(H,30,31). The summed E-state index contributed by atoms with van der Waals surface area (Å²) < 4.78 is 5.65. The van der Waals surface area contributed by atoms with Gasteiger partial charge in [0, 0.05) is 5.92 Å². The van der Waals surface area contributed by atoms with Crippen LogP contribution in [0, 0.1) is 5.92 Å². The summed E-state index contributed by atoms with van der Waals surface area (Å²) in [5.41, 5.74) is 3.36. The normalized spacial score (nSPS) is 17.8. The Kier molecular flexibility index (Phi) is 6.91. The average molecular weight is 465 g/mol. The summed E-state index contributed by atoms with van der Waals surface area (Å²) in [5, 5.41) is 15.0. The molecule has 7 nitrogen and oxygen atoms in total. The van der Waals surface area contributed by atoms with Crippen molar-refractivity contribution < 1.29 is 24.2 Å². The molecule has 34 heavy (non-hydrogen) atoms. The lowest BCUT2D eigenvalue weighted by atomic mass is 9.93. The molecule has 2 aromatic rings. The Morgan fingerprint density at radius 3 is 2.12 bits per heavy atom. The average Bonchev–Trinajstić information content (AvgIpc) is 3.44. The van der Waals surface area contributed by atoms with E-state index in [0.29, 0.717) is 19.3 Å². The number of fused-ring (bicyclic) bond motifs is 3. The molecule has 180 valence electrons. The zero-order valence-electron chi connectivity index (χ0n) is 19.7. The maximum atomic E-state index is 13.2. The largest absolute Gasteiger partial charge is 0.480 e. The molecule has 2 unspecified atom stereocenters. The van der Waals surface area contributed by atoms with E-state index in [4.69, 9.17) is 4.74 Å². The van der Waals surface area contributed by atoms with Gasteiger partial charge in [0.25, 0.3) is 0 Å². The first kappa shape index (κ1) is 23.8. The van der Waals surface area contributed by atoms with Crippen LogP contribution in [0.5, 0.6) is 0 Å². The molecule has 1 fully saturated rings. The number of alkyl carbamates (subject to hydrolysis) is 1. The second kappa shape index (κ2) is 9.87. The van der Waals surface area contributed by atoms with Crippen LogP contribution in [-0.2, 0) is 14.3 Å². The highest BCUT2D eigenvalue weighted by atomic mass is 16.5. The van der Waals surface area contributed by atoms with Gasteiger partial charge in [0.1, 0.15) is 18.2 Å². The molecule has 2 aliphatic rings. The van der Waals surface area contributed by atoms with Crippen molar-refractivity contribution in [3.8, 4) is 11.1 Å². The minimum atomic E-state index is -1.15. The van der Waals surface area contributed by atoms with Crippen molar-refractivity contribution in [1.82, 2.24) is 10.6 Å². The van der Waals surface area contributed by atoms with Gasteiger partial charge in [-0.1, -0.05) is 81.6 Å². The molecule has 0 radical (unpaired) electrons. The summed E-state index contributed by atoms with van der Waals surface area (Å²) in [7, 11) is 0. The number of benzene rings is 2. The molecule has 0 spiro atoms. The van der Waals surface area contributed by atoms with Crippen molar-refractivity contribution in [2.45, 2.75) is 63.5 Å². The first-order chi connectivity index (χ1) is 16.4. The van der Waals surface area contributed by atoms with Gasteiger partial charge in [-0.2, -0.15) is 0 Å². The highest BCUT2D eigenvalue weighted by molar-refractivity contribution is 5.93. The van der Waals surface area contributed by atoms with Crippen LogP contribution in [0.15, 0.2) is 48.5 Å². The number of carbonyl (C=O) groups excluding carboxylic acids is 2. The van der Waals surface area contributed by atoms with Crippen LogP contribution in [0.2, 0.25) is 0 Å². The number of nitrogens with one attached hydrogen (secondary N) is 2. The van der Waals surface area contributed by atoms with Crippen molar-refractivity contribution in [3.05, 3.63) is 59.7 Å². The van der Waals surface area contributed by atoms with Gasteiger partial charge in [0.05, 0.1) is 0 Å². The molecule has 0 aromatic heterocycles. The number of hydrogen-bond donors (Lipinski definition) is 3. The fourth-order valence-corrected chi connectivity index (χ4v) is 5.18. The highest BCUT2D eigenvalue weighted by Crippen LogP contribution is 2.44. The number of carboxylic acids is 1. The molecule has 0 saturated heterocycles. The van der Waals surface area contributed by atoms with E-state index in [1.54, 1.807) is 6.92 Å². The van der Waals surface area contributed by atoms with Crippen LogP contribution in [-0.4, -0.2) is 41.3 Å². The van der Waals surface area contributed by atoms with Crippen LogP contribution in [0.25, 0.3) is 11.1 Å². The molecule has 1 saturated carbocycles. The maximum Gasteiger partial charge on any atom is 0.408 e. The van der Waals surface area contributed by atoms with E-state index >= 15 is 0 Å². The SMILES string of the molecule is CCC(C)C(NC(=O)C1(NC(=O)OCC2c3ccccc3-c3ccccc32)CCCC1)C(=O)O. The molecular weight excluding hydrogens is 432 g/mol. The molecule has 4 rings (SSSR count). The Bertz CT molecular complexity index is 1030. The fourth-order valence-electron chi connectivity index (χ4n) is 5.18. The quantitative estimate of drug-likeness (QED) is 0.535. The molecule has 2 amide bonds. The zero-order chi connectivity index (χ0) is 24.3. The van der Waals surface area contributed by atoms with Gasteiger partial charge in [0.2, 0.25) is 5.91 Å². The summed E-state index contributed by atoms with van der Waals surface area (Å²) in [6.07, 6.45) is 2.42. The molecule has 3 N–H and O–H groups in total. The van der Waals surface area contributed by atoms with Crippen LogP contribution in [0.3, 0.4) is 0 Å². The third-order valence-electron chi connectivity index (χ3n) is 7.34.